The van der Waals surface area contributed by atoms with Crippen molar-refractivity contribution in [3.8, 4) is 0 Å². The Morgan fingerprint density at radius 3 is 2.64 bits per heavy atom. The van der Waals surface area contributed by atoms with Gasteiger partial charge in [0, 0.05) is 56.0 Å². The van der Waals surface area contributed by atoms with Crippen molar-refractivity contribution in [2.75, 3.05) is 31.5 Å². The van der Waals surface area contributed by atoms with Gasteiger partial charge in [0.1, 0.15) is 5.82 Å². The van der Waals surface area contributed by atoms with Gasteiger partial charge in [0.25, 0.3) is 0 Å². The molecule has 0 bridgehead atoms. The molecule has 4 rings (SSSR count). The molecule has 2 aliphatic heterocycles. The van der Waals surface area contributed by atoms with Gasteiger partial charge in [-0.05, 0) is 19.3 Å². The highest BCUT2D eigenvalue weighted by molar-refractivity contribution is 7.09. The zero-order valence-electron chi connectivity index (χ0n) is 12.5. The maximum atomic E-state index is 12.2. The van der Waals surface area contributed by atoms with Gasteiger partial charge >= 0.3 is 6.03 Å². The van der Waals surface area contributed by atoms with Gasteiger partial charge in [-0.2, -0.15) is 4.37 Å². The minimum Gasteiger partial charge on any atom is -0.342 e. The van der Waals surface area contributed by atoms with Crippen LogP contribution >= 0.6 is 11.5 Å². The predicted molar refractivity (Wildman–Crippen MR) is 81.8 cm³/mol. The van der Waals surface area contributed by atoms with Crippen LogP contribution < -0.4 is 5.32 Å². The van der Waals surface area contributed by atoms with Crippen LogP contribution in [0, 0.1) is 5.41 Å². The number of carbonyl (C=O) groups is 2. The highest BCUT2D eigenvalue weighted by Gasteiger charge is 2.49. The number of hydrogen-bond acceptors (Lipinski definition) is 5. The highest BCUT2D eigenvalue weighted by atomic mass is 32.1. The molecule has 1 N–H and O–H groups in total. The van der Waals surface area contributed by atoms with Crippen molar-refractivity contribution in [3.63, 3.8) is 0 Å². The third-order valence-electron chi connectivity index (χ3n) is 4.82. The van der Waals surface area contributed by atoms with Crippen LogP contribution in [-0.4, -0.2) is 57.3 Å². The molecule has 22 heavy (non-hydrogen) atoms. The smallest absolute Gasteiger partial charge is 0.323 e. The molecule has 1 saturated carbocycles. The fraction of sp³-hybridized carbons (Fsp3) is 0.714. The Labute approximate surface area is 132 Å². The zero-order valence-corrected chi connectivity index (χ0v) is 13.4. The Morgan fingerprint density at radius 1 is 1.27 bits per heavy atom. The number of amides is 3. The Kier molecular flexibility index (Phi) is 3.11. The first-order chi connectivity index (χ1) is 10.5. The van der Waals surface area contributed by atoms with Crippen LogP contribution in [0.3, 0.4) is 0 Å². The van der Waals surface area contributed by atoms with Gasteiger partial charge in [-0.1, -0.05) is 0 Å². The van der Waals surface area contributed by atoms with E-state index in [1.807, 2.05) is 4.90 Å². The number of rotatable bonds is 2. The van der Waals surface area contributed by atoms with Gasteiger partial charge in [0.15, 0.2) is 0 Å². The quantitative estimate of drug-likeness (QED) is 0.895. The summed E-state index contributed by atoms with van der Waals surface area (Å²) in [6, 6.07) is -0.106. The normalized spacial score (nSPS) is 22.8. The van der Waals surface area contributed by atoms with E-state index in [9.17, 15) is 9.59 Å². The standard InChI is InChI=1S/C14H19N5O2S/c1-9(20)18-5-4-14(6-18)7-19(8-14)13(21)16-12-15-11(17-22-12)10-2-3-10/h10H,2-8H2,1H3,(H,15,16,17,21). The summed E-state index contributed by atoms with van der Waals surface area (Å²) < 4.78 is 4.29. The molecule has 0 aromatic carbocycles. The van der Waals surface area contributed by atoms with Crippen molar-refractivity contribution < 1.29 is 9.59 Å². The van der Waals surface area contributed by atoms with Crippen LogP contribution in [0.25, 0.3) is 0 Å². The molecule has 1 aromatic rings. The van der Waals surface area contributed by atoms with E-state index < -0.39 is 0 Å². The topological polar surface area (TPSA) is 78.4 Å². The average Bonchev–Trinajstić information content (AvgIpc) is 3.01. The van der Waals surface area contributed by atoms with E-state index in [0.29, 0.717) is 11.0 Å². The van der Waals surface area contributed by atoms with E-state index in [2.05, 4.69) is 14.7 Å². The van der Waals surface area contributed by atoms with E-state index in [1.54, 1.807) is 11.8 Å². The van der Waals surface area contributed by atoms with Gasteiger partial charge in [0.05, 0.1) is 0 Å². The molecule has 3 heterocycles. The fourth-order valence-electron chi connectivity index (χ4n) is 3.33. The number of likely N-dealkylation sites (tertiary alicyclic amines) is 2. The lowest BCUT2D eigenvalue weighted by Crippen LogP contribution is -2.60. The molecule has 1 aliphatic carbocycles. The summed E-state index contributed by atoms with van der Waals surface area (Å²) in [6.07, 6.45) is 3.30. The van der Waals surface area contributed by atoms with E-state index >= 15 is 0 Å². The molecule has 0 radical (unpaired) electrons. The number of nitrogens with zero attached hydrogens (tertiary/aromatic N) is 4. The molecule has 3 amide bonds. The van der Waals surface area contributed by atoms with Crippen molar-refractivity contribution >= 4 is 28.6 Å². The van der Waals surface area contributed by atoms with Gasteiger partial charge in [-0.15, -0.1) is 0 Å². The Hall–Kier alpha value is -1.70. The van der Waals surface area contributed by atoms with Crippen molar-refractivity contribution in [3.05, 3.63) is 5.82 Å². The first-order valence-corrected chi connectivity index (χ1v) is 8.47. The van der Waals surface area contributed by atoms with Crippen LogP contribution in [-0.2, 0) is 4.79 Å². The van der Waals surface area contributed by atoms with Gasteiger partial charge < -0.3 is 9.80 Å². The number of carbonyl (C=O) groups excluding carboxylic acids is 2. The van der Waals surface area contributed by atoms with Crippen LogP contribution in [0.5, 0.6) is 0 Å². The second-order valence-electron chi connectivity index (χ2n) is 6.71. The van der Waals surface area contributed by atoms with Crippen molar-refractivity contribution in [2.45, 2.75) is 32.1 Å². The molecule has 2 saturated heterocycles. The van der Waals surface area contributed by atoms with E-state index in [0.717, 1.165) is 51.3 Å². The first kappa shape index (κ1) is 13.9. The van der Waals surface area contributed by atoms with Gasteiger partial charge in [-0.3, -0.25) is 10.1 Å². The minimum absolute atomic E-state index is 0.106. The molecule has 7 nitrogen and oxygen atoms in total. The van der Waals surface area contributed by atoms with Crippen LogP contribution in [0.2, 0.25) is 0 Å². The second-order valence-corrected chi connectivity index (χ2v) is 7.46. The predicted octanol–water partition coefficient (Wildman–Crippen LogP) is 1.50. The molecule has 8 heteroatoms. The summed E-state index contributed by atoms with van der Waals surface area (Å²) in [5, 5.41) is 3.43. The Balaban J connectivity index is 1.30. The molecular weight excluding hydrogens is 302 g/mol. The summed E-state index contributed by atoms with van der Waals surface area (Å²) in [5.74, 6) is 1.50. The molecule has 3 aliphatic rings. The Bertz CT molecular complexity index is 621. The lowest BCUT2D eigenvalue weighted by atomic mass is 9.79. The number of nitrogens with one attached hydrogen (secondary N) is 1. The molecule has 1 aromatic heterocycles. The van der Waals surface area contributed by atoms with Crippen LogP contribution in [0.1, 0.15) is 37.9 Å². The maximum Gasteiger partial charge on any atom is 0.323 e. The minimum atomic E-state index is -0.106. The molecule has 0 unspecified atom stereocenters. The number of aromatic nitrogens is 2. The van der Waals surface area contributed by atoms with Crippen LogP contribution in [0.15, 0.2) is 0 Å². The lowest BCUT2D eigenvalue weighted by molar-refractivity contribution is -0.128. The van der Waals surface area contributed by atoms with Crippen molar-refractivity contribution in [1.82, 2.24) is 19.2 Å². The largest absolute Gasteiger partial charge is 0.342 e. The second kappa shape index (κ2) is 4.91. The first-order valence-electron chi connectivity index (χ1n) is 7.70. The summed E-state index contributed by atoms with van der Waals surface area (Å²) in [4.78, 5) is 31.7. The fourth-order valence-corrected chi connectivity index (χ4v) is 3.97. The lowest BCUT2D eigenvalue weighted by Gasteiger charge is -2.47. The van der Waals surface area contributed by atoms with E-state index in [4.69, 9.17) is 0 Å². The van der Waals surface area contributed by atoms with Gasteiger partial charge in [0.2, 0.25) is 11.0 Å². The summed E-state index contributed by atoms with van der Waals surface area (Å²) in [5.41, 5.74) is 0.114. The average molecular weight is 321 g/mol. The van der Waals surface area contributed by atoms with Crippen molar-refractivity contribution in [2.24, 2.45) is 5.41 Å². The summed E-state index contributed by atoms with van der Waals surface area (Å²) in [6.45, 7) is 4.63. The van der Waals surface area contributed by atoms with E-state index in [1.165, 1.54) is 11.5 Å². The van der Waals surface area contributed by atoms with Gasteiger partial charge in [-0.25, -0.2) is 9.78 Å². The number of urea groups is 1. The molecule has 0 atom stereocenters. The highest BCUT2D eigenvalue weighted by Crippen LogP contribution is 2.41. The molecule has 1 spiro atoms. The SMILES string of the molecule is CC(=O)N1CCC2(C1)CN(C(=O)Nc1nc(C3CC3)ns1)C2. The maximum absolute atomic E-state index is 12.2. The third-order valence-corrected chi connectivity index (χ3v) is 5.47. The van der Waals surface area contributed by atoms with E-state index in [-0.39, 0.29) is 17.4 Å². The van der Waals surface area contributed by atoms with Crippen LogP contribution in [0.4, 0.5) is 9.93 Å². The Morgan fingerprint density at radius 2 is 2.00 bits per heavy atom. The monoisotopic (exact) mass is 321 g/mol. The summed E-state index contributed by atoms with van der Waals surface area (Å²) >= 11 is 1.25. The third kappa shape index (κ3) is 2.45. The number of hydrogen-bond donors (Lipinski definition) is 1. The zero-order chi connectivity index (χ0) is 15.3. The van der Waals surface area contributed by atoms with Crippen molar-refractivity contribution in [1.29, 1.82) is 0 Å². The number of anilines is 1. The summed E-state index contributed by atoms with van der Waals surface area (Å²) in [7, 11) is 0. The molecule has 118 valence electrons. The molecular formula is C14H19N5O2S. The molecule has 3 fully saturated rings.